The summed E-state index contributed by atoms with van der Waals surface area (Å²) in [6, 6.07) is 15.9. The van der Waals surface area contributed by atoms with E-state index < -0.39 is 10.0 Å². The maximum absolute atomic E-state index is 12.6. The van der Waals surface area contributed by atoms with Gasteiger partial charge >= 0.3 is 0 Å². The van der Waals surface area contributed by atoms with Crippen LogP contribution in [0.3, 0.4) is 0 Å². The lowest BCUT2D eigenvalue weighted by atomic mass is 10.3. The summed E-state index contributed by atoms with van der Waals surface area (Å²) in [5.74, 6) is 0.762. The van der Waals surface area contributed by atoms with E-state index in [1.807, 2.05) is 35.9 Å². The zero-order valence-electron chi connectivity index (χ0n) is 16.7. The summed E-state index contributed by atoms with van der Waals surface area (Å²) in [5, 5.41) is 0. The van der Waals surface area contributed by atoms with Crippen molar-refractivity contribution in [2.24, 2.45) is 12.0 Å². The van der Waals surface area contributed by atoms with Gasteiger partial charge in [0.1, 0.15) is 0 Å². The molecule has 0 aliphatic rings. The minimum atomic E-state index is -3.80. The molecule has 0 fully saturated rings. The number of aryl methyl sites for hydroxylation is 3. The van der Waals surface area contributed by atoms with Crippen molar-refractivity contribution >= 4 is 38.9 Å². The Labute approximate surface area is 174 Å². The Hall–Kier alpha value is -3.59. The van der Waals surface area contributed by atoms with Gasteiger partial charge in [-0.2, -0.15) is 0 Å². The van der Waals surface area contributed by atoms with Gasteiger partial charge in [-0.05, 0) is 56.3 Å². The van der Waals surface area contributed by atoms with E-state index in [1.165, 1.54) is 12.1 Å². The Kier molecular flexibility index (Phi) is 5.04. The second-order valence-corrected chi connectivity index (χ2v) is 8.53. The number of hydrogen-bond acceptors (Lipinski definition) is 6. The molecular formula is C21H20N6O2S. The zero-order valence-corrected chi connectivity index (χ0v) is 17.6. The number of anilines is 1. The number of aromatic nitrogens is 4. The number of nitrogens with one attached hydrogen (secondary N) is 1. The topological polar surface area (TPSA) is 102 Å². The number of rotatable bonds is 5. The Balaban J connectivity index is 1.54. The van der Waals surface area contributed by atoms with Crippen LogP contribution >= 0.6 is 0 Å². The highest BCUT2D eigenvalue weighted by molar-refractivity contribution is 7.92. The Morgan fingerprint density at radius 3 is 2.30 bits per heavy atom. The largest absolute Gasteiger partial charge is 0.326 e. The maximum Gasteiger partial charge on any atom is 0.264 e. The van der Waals surface area contributed by atoms with Gasteiger partial charge in [0.05, 0.1) is 27.8 Å². The van der Waals surface area contributed by atoms with E-state index in [2.05, 4.69) is 24.7 Å². The Bertz CT molecular complexity index is 1340. The Morgan fingerprint density at radius 1 is 0.967 bits per heavy atom. The summed E-state index contributed by atoms with van der Waals surface area (Å²) in [5.41, 5.74) is 3.89. The smallest absolute Gasteiger partial charge is 0.264 e. The van der Waals surface area contributed by atoms with Crippen LogP contribution in [0, 0.1) is 13.8 Å². The first kappa shape index (κ1) is 19.7. The van der Waals surface area contributed by atoms with Gasteiger partial charge in [-0.3, -0.25) is 4.99 Å². The first-order valence-corrected chi connectivity index (χ1v) is 10.7. The lowest BCUT2D eigenvalue weighted by Gasteiger charge is -2.08. The first-order chi connectivity index (χ1) is 14.3. The second kappa shape index (κ2) is 7.68. The molecule has 8 nitrogen and oxygen atoms in total. The predicted octanol–water partition coefficient (Wildman–Crippen LogP) is 3.53. The molecule has 0 aliphatic heterocycles. The molecule has 152 valence electrons. The van der Waals surface area contributed by atoms with Crippen molar-refractivity contribution in [3.63, 3.8) is 0 Å². The normalized spacial score (nSPS) is 12.0. The van der Waals surface area contributed by atoms with Crippen molar-refractivity contribution in [2.75, 3.05) is 4.72 Å². The lowest BCUT2D eigenvalue weighted by Crippen LogP contribution is -2.15. The predicted molar refractivity (Wildman–Crippen MR) is 117 cm³/mol. The summed E-state index contributed by atoms with van der Waals surface area (Å²) in [4.78, 5) is 17.3. The summed E-state index contributed by atoms with van der Waals surface area (Å²) in [6.07, 6.45) is 1.66. The highest BCUT2D eigenvalue weighted by Gasteiger charge is 2.16. The summed E-state index contributed by atoms with van der Waals surface area (Å²) < 4.78 is 29.6. The molecule has 30 heavy (non-hydrogen) atoms. The van der Waals surface area contributed by atoms with Gasteiger partial charge in [0, 0.05) is 18.4 Å². The van der Waals surface area contributed by atoms with Gasteiger partial charge in [-0.15, -0.1) is 0 Å². The molecule has 0 bridgehead atoms. The van der Waals surface area contributed by atoms with Gasteiger partial charge in [0.25, 0.3) is 10.0 Å². The van der Waals surface area contributed by atoms with E-state index in [-0.39, 0.29) is 10.8 Å². The molecule has 1 N–H and O–H groups in total. The average Bonchev–Trinajstić information content (AvgIpc) is 3.01. The number of benzene rings is 2. The van der Waals surface area contributed by atoms with E-state index in [4.69, 9.17) is 0 Å². The molecule has 0 unspecified atom stereocenters. The van der Waals surface area contributed by atoms with Gasteiger partial charge in [0.2, 0.25) is 5.95 Å². The fraction of sp³-hybridized carbons (Fsp3) is 0.143. The van der Waals surface area contributed by atoms with Crippen molar-refractivity contribution in [1.82, 2.24) is 19.5 Å². The molecule has 4 aromatic rings. The standard InChI is InChI=1S/C21H20N6O2S/c1-14-12-15(2)24-21(23-14)26-30(28,29)17-10-8-16(9-11-17)22-13-20-25-18-6-4-5-7-19(18)27(20)3/h4-13H,1-3H3,(H,23,24,26). The molecule has 0 radical (unpaired) electrons. The minimum absolute atomic E-state index is 0.0523. The van der Waals surface area contributed by atoms with E-state index in [0.717, 1.165) is 11.0 Å². The van der Waals surface area contributed by atoms with Crippen LogP contribution in [-0.2, 0) is 17.1 Å². The molecule has 9 heteroatoms. The van der Waals surface area contributed by atoms with Crippen LogP contribution < -0.4 is 4.72 Å². The van der Waals surface area contributed by atoms with Crippen LogP contribution in [-0.4, -0.2) is 34.2 Å². The average molecular weight is 420 g/mol. The number of sulfonamides is 1. The first-order valence-electron chi connectivity index (χ1n) is 9.22. The third-order valence-corrected chi connectivity index (χ3v) is 5.85. The summed E-state index contributed by atoms with van der Waals surface area (Å²) >= 11 is 0. The number of imidazole rings is 1. The van der Waals surface area contributed by atoms with Crippen LogP contribution in [0.25, 0.3) is 11.0 Å². The zero-order chi connectivity index (χ0) is 21.3. The number of para-hydroxylation sites is 2. The molecule has 4 rings (SSSR count). The molecule has 2 aromatic heterocycles. The van der Waals surface area contributed by atoms with Gasteiger partial charge in [-0.25, -0.2) is 28.1 Å². The molecule has 2 heterocycles. The van der Waals surface area contributed by atoms with Crippen molar-refractivity contribution in [1.29, 1.82) is 0 Å². The van der Waals surface area contributed by atoms with Crippen LogP contribution in [0.15, 0.2) is 64.5 Å². The third kappa shape index (κ3) is 4.06. The van der Waals surface area contributed by atoms with E-state index >= 15 is 0 Å². The quantitative estimate of drug-likeness (QED) is 0.498. The lowest BCUT2D eigenvalue weighted by molar-refractivity contribution is 0.601. The summed E-state index contributed by atoms with van der Waals surface area (Å²) in [7, 11) is -1.87. The fourth-order valence-electron chi connectivity index (χ4n) is 3.07. The van der Waals surface area contributed by atoms with E-state index in [0.29, 0.717) is 22.9 Å². The SMILES string of the molecule is Cc1cc(C)nc(NS(=O)(=O)c2ccc(N=Cc3nc4ccccc4n3C)cc2)n1. The van der Waals surface area contributed by atoms with Gasteiger partial charge in [0.15, 0.2) is 5.82 Å². The van der Waals surface area contributed by atoms with Crippen molar-refractivity contribution in [3.8, 4) is 0 Å². The van der Waals surface area contributed by atoms with Gasteiger partial charge < -0.3 is 4.57 Å². The molecule has 0 aliphatic carbocycles. The highest BCUT2D eigenvalue weighted by Crippen LogP contribution is 2.19. The number of aliphatic imine (C=N–C) groups is 1. The molecule has 0 amide bonds. The summed E-state index contributed by atoms with van der Waals surface area (Å²) in [6.45, 7) is 3.56. The van der Waals surface area contributed by atoms with E-state index in [9.17, 15) is 8.42 Å². The fourth-order valence-corrected chi connectivity index (χ4v) is 4.02. The highest BCUT2D eigenvalue weighted by atomic mass is 32.2. The number of hydrogen-bond donors (Lipinski definition) is 1. The van der Waals surface area contributed by atoms with Crippen molar-refractivity contribution in [3.05, 3.63) is 71.8 Å². The maximum atomic E-state index is 12.6. The third-order valence-electron chi connectivity index (χ3n) is 4.51. The van der Waals surface area contributed by atoms with Gasteiger partial charge in [-0.1, -0.05) is 12.1 Å². The van der Waals surface area contributed by atoms with Crippen LogP contribution in [0.2, 0.25) is 0 Å². The van der Waals surface area contributed by atoms with Crippen LogP contribution in [0.1, 0.15) is 17.2 Å². The molecule has 0 saturated carbocycles. The molecule has 2 aromatic carbocycles. The molecule has 0 saturated heterocycles. The second-order valence-electron chi connectivity index (χ2n) is 6.85. The Morgan fingerprint density at radius 2 is 1.63 bits per heavy atom. The van der Waals surface area contributed by atoms with Crippen molar-refractivity contribution in [2.45, 2.75) is 18.7 Å². The molecule has 0 spiro atoms. The van der Waals surface area contributed by atoms with Crippen LogP contribution in [0.5, 0.6) is 0 Å². The monoisotopic (exact) mass is 420 g/mol. The molecular weight excluding hydrogens is 400 g/mol. The minimum Gasteiger partial charge on any atom is -0.326 e. The van der Waals surface area contributed by atoms with Crippen molar-refractivity contribution < 1.29 is 8.42 Å². The molecule has 0 atom stereocenters. The van der Waals surface area contributed by atoms with E-state index in [1.54, 1.807) is 38.3 Å². The number of fused-ring (bicyclic) bond motifs is 1. The van der Waals surface area contributed by atoms with Crippen LogP contribution in [0.4, 0.5) is 11.6 Å². The number of nitrogens with zero attached hydrogens (tertiary/aromatic N) is 5.